The van der Waals surface area contributed by atoms with Crippen LogP contribution in [0.2, 0.25) is 0 Å². The van der Waals surface area contributed by atoms with Crippen molar-refractivity contribution in [3.8, 4) is 0 Å². The summed E-state index contributed by atoms with van der Waals surface area (Å²) in [5.41, 5.74) is 0.998. The first-order valence-corrected chi connectivity index (χ1v) is 7.01. The fourth-order valence-electron chi connectivity index (χ4n) is 2.11. The highest BCUT2D eigenvalue weighted by molar-refractivity contribution is 5.94. The summed E-state index contributed by atoms with van der Waals surface area (Å²) in [5.74, 6) is -0.142. The minimum absolute atomic E-state index is 0.142. The van der Waals surface area contributed by atoms with Crippen LogP contribution in [0.3, 0.4) is 0 Å². The second-order valence-electron chi connectivity index (χ2n) is 4.78. The number of morpholine rings is 1. The molecule has 7 nitrogen and oxygen atoms in total. The molecule has 1 aromatic rings. The topological polar surface area (TPSA) is 87.1 Å². The van der Waals surface area contributed by atoms with Gasteiger partial charge in [0, 0.05) is 25.8 Å². The van der Waals surface area contributed by atoms with Crippen molar-refractivity contribution in [2.75, 3.05) is 39.4 Å². The van der Waals surface area contributed by atoms with Gasteiger partial charge in [0.05, 0.1) is 30.7 Å². The van der Waals surface area contributed by atoms with E-state index in [0.717, 1.165) is 39.3 Å². The number of aromatic nitrogens is 1. The van der Waals surface area contributed by atoms with E-state index in [2.05, 4.69) is 20.4 Å². The summed E-state index contributed by atoms with van der Waals surface area (Å²) in [6.07, 6.45) is 3.59. The van der Waals surface area contributed by atoms with Gasteiger partial charge in [0.15, 0.2) is 0 Å². The Balaban J connectivity index is 1.68. The molecule has 1 amide bonds. The molecule has 1 aliphatic heterocycles. The second-order valence-corrected chi connectivity index (χ2v) is 4.78. The average molecular weight is 292 g/mol. The largest absolute Gasteiger partial charge is 0.411 e. The highest BCUT2D eigenvalue weighted by Crippen LogP contribution is 2.00. The summed E-state index contributed by atoms with van der Waals surface area (Å²) < 4.78 is 5.29. The molecule has 0 aromatic carbocycles. The van der Waals surface area contributed by atoms with Crippen LogP contribution < -0.4 is 5.32 Å². The number of nitrogens with one attached hydrogen (secondary N) is 1. The number of amides is 1. The molecule has 1 saturated heterocycles. The number of ether oxygens (including phenoxy) is 1. The van der Waals surface area contributed by atoms with Crippen molar-refractivity contribution in [2.45, 2.75) is 6.42 Å². The van der Waals surface area contributed by atoms with E-state index in [1.54, 1.807) is 12.1 Å². The fourth-order valence-corrected chi connectivity index (χ4v) is 2.11. The smallest absolute Gasteiger partial charge is 0.252 e. The maximum absolute atomic E-state index is 11.9. The van der Waals surface area contributed by atoms with E-state index in [0.29, 0.717) is 17.8 Å². The molecule has 1 aromatic heterocycles. The van der Waals surface area contributed by atoms with Gasteiger partial charge in [-0.15, -0.1) is 0 Å². The minimum Gasteiger partial charge on any atom is -0.411 e. The normalized spacial score (nSPS) is 16.2. The first kappa shape index (κ1) is 15.4. The second kappa shape index (κ2) is 8.33. The molecule has 0 saturated carbocycles. The highest BCUT2D eigenvalue weighted by atomic mass is 16.5. The van der Waals surface area contributed by atoms with Crippen molar-refractivity contribution in [1.29, 1.82) is 0 Å². The third-order valence-electron chi connectivity index (χ3n) is 3.28. The first-order chi connectivity index (χ1) is 10.3. The number of pyridine rings is 1. The summed E-state index contributed by atoms with van der Waals surface area (Å²) in [5, 5.41) is 14.1. The van der Waals surface area contributed by atoms with Crippen molar-refractivity contribution in [3.05, 3.63) is 29.6 Å². The number of nitrogens with zero attached hydrogens (tertiary/aromatic N) is 3. The third kappa shape index (κ3) is 5.13. The fraction of sp³-hybridized carbons (Fsp3) is 0.500. The van der Waals surface area contributed by atoms with E-state index >= 15 is 0 Å². The summed E-state index contributed by atoms with van der Waals surface area (Å²) in [7, 11) is 0. The van der Waals surface area contributed by atoms with Crippen LogP contribution in [0.15, 0.2) is 23.5 Å². The van der Waals surface area contributed by atoms with Crippen LogP contribution >= 0.6 is 0 Å². The average Bonchev–Trinajstić information content (AvgIpc) is 2.53. The lowest BCUT2D eigenvalue weighted by Crippen LogP contribution is -2.38. The zero-order chi connectivity index (χ0) is 14.9. The monoisotopic (exact) mass is 292 g/mol. The Morgan fingerprint density at radius 3 is 2.95 bits per heavy atom. The van der Waals surface area contributed by atoms with Crippen molar-refractivity contribution in [3.63, 3.8) is 0 Å². The van der Waals surface area contributed by atoms with Crippen LogP contribution in [-0.2, 0) is 4.74 Å². The van der Waals surface area contributed by atoms with Gasteiger partial charge in [0.25, 0.3) is 5.91 Å². The van der Waals surface area contributed by atoms with E-state index in [1.807, 2.05) is 0 Å². The van der Waals surface area contributed by atoms with Crippen molar-refractivity contribution >= 4 is 12.1 Å². The van der Waals surface area contributed by atoms with E-state index in [4.69, 9.17) is 9.94 Å². The molecule has 0 spiro atoms. The van der Waals surface area contributed by atoms with Crippen molar-refractivity contribution in [1.82, 2.24) is 15.2 Å². The molecule has 2 heterocycles. The predicted molar refractivity (Wildman–Crippen MR) is 77.8 cm³/mol. The third-order valence-corrected chi connectivity index (χ3v) is 3.28. The lowest BCUT2D eigenvalue weighted by Gasteiger charge is -2.26. The quantitative estimate of drug-likeness (QED) is 0.342. The molecule has 2 N–H and O–H groups in total. The van der Waals surface area contributed by atoms with Crippen LogP contribution in [-0.4, -0.2) is 66.6 Å². The Morgan fingerprint density at radius 1 is 1.48 bits per heavy atom. The Hall–Kier alpha value is -1.99. The molecule has 0 aliphatic carbocycles. The Kier molecular flexibility index (Phi) is 6.11. The number of hydrogen-bond acceptors (Lipinski definition) is 6. The molecular formula is C14H20N4O3. The number of carbonyl (C=O) groups excluding carboxylic acids is 1. The minimum atomic E-state index is -0.142. The van der Waals surface area contributed by atoms with Crippen LogP contribution in [0.5, 0.6) is 0 Å². The van der Waals surface area contributed by atoms with Gasteiger partial charge < -0.3 is 15.3 Å². The highest BCUT2D eigenvalue weighted by Gasteiger charge is 2.10. The number of rotatable bonds is 6. The van der Waals surface area contributed by atoms with Crippen molar-refractivity contribution < 1.29 is 14.7 Å². The Morgan fingerprint density at radius 2 is 2.29 bits per heavy atom. The lowest BCUT2D eigenvalue weighted by atomic mass is 10.2. The van der Waals surface area contributed by atoms with Gasteiger partial charge in [-0.25, -0.2) is 0 Å². The SMILES string of the molecule is O=C(NCCCN1CCOCC1)c1ccc(C=NO)nc1. The van der Waals surface area contributed by atoms with Gasteiger partial charge in [-0.2, -0.15) is 0 Å². The lowest BCUT2D eigenvalue weighted by molar-refractivity contribution is 0.0374. The molecule has 21 heavy (non-hydrogen) atoms. The Bertz CT molecular complexity index is 470. The number of oxime groups is 1. The molecule has 0 atom stereocenters. The van der Waals surface area contributed by atoms with Gasteiger partial charge in [0.2, 0.25) is 0 Å². The van der Waals surface area contributed by atoms with Crippen LogP contribution in [0.1, 0.15) is 22.5 Å². The van der Waals surface area contributed by atoms with Gasteiger partial charge >= 0.3 is 0 Å². The molecule has 0 unspecified atom stereocenters. The maximum atomic E-state index is 11.9. The molecule has 2 rings (SSSR count). The zero-order valence-corrected chi connectivity index (χ0v) is 11.9. The first-order valence-electron chi connectivity index (χ1n) is 7.01. The van der Waals surface area contributed by atoms with E-state index in [1.165, 1.54) is 12.4 Å². The van der Waals surface area contributed by atoms with Crippen LogP contribution in [0, 0.1) is 0 Å². The van der Waals surface area contributed by atoms with Crippen molar-refractivity contribution in [2.24, 2.45) is 5.16 Å². The summed E-state index contributed by atoms with van der Waals surface area (Å²) >= 11 is 0. The van der Waals surface area contributed by atoms with Gasteiger partial charge in [-0.05, 0) is 25.1 Å². The standard InChI is InChI=1S/C14H20N4O3/c19-14(12-2-3-13(11-17-20)16-10-12)15-4-1-5-18-6-8-21-9-7-18/h2-3,10-11,20H,1,4-9H2,(H,15,19). The van der Waals surface area contributed by atoms with Gasteiger partial charge in [-0.3, -0.25) is 14.7 Å². The number of carbonyl (C=O) groups is 1. The summed E-state index contributed by atoms with van der Waals surface area (Å²) in [6, 6.07) is 3.28. The van der Waals surface area contributed by atoms with Gasteiger partial charge in [0.1, 0.15) is 0 Å². The summed E-state index contributed by atoms with van der Waals surface area (Å²) in [6.45, 7) is 5.12. The number of hydrogen-bond donors (Lipinski definition) is 2. The maximum Gasteiger partial charge on any atom is 0.252 e. The predicted octanol–water partition coefficient (Wildman–Crippen LogP) is 0.342. The van der Waals surface area contributed by atoms with Crippen LogP contribution in [0.4, 0.5) is 0 Å². The molecule has 7 heteroatoms. The zero-order valence-electron chi connectivity index (χ0n) is 11.9. The molecule has 0 radical (unpaired) electrons. The van der Waals surface area contributed by atoms with Gasteiger partial charge in [-0.1, -0.05) is 5.16 Å². The van der Waals surface area contributed by atoms with E-state index < -0.39 is 0 Å². The molecule has 0 bridgehead atoms. The summed E-state index contributed by atoms with van der Waals surface area (Å²) in [4.78, 5) is 18.2. The Labute approximate surface area is 123 Å². The molecule has 1 aliphatic rings. The van der Waals surface area contributed by atoms with E-state index in [9.17, 15) is 4.79 Å². The molecular weight excluding hydrogens is 272 g/mol. The van der Waals surface area contributed by atoms with Crippen LogP contribution in [0.25, 0.3) is 0 Å². The molecule has 1 fully saturated rings. The molecule has 114 valence electrons. The van der Waals surface area contributed by atoms with E-state index in [-0.39, 0.29) is 5.91 Å².